The summed E-state index contributed by atoms with van der Waals surface area (Å²) < 4.78 is 31.9. The first-order valence-corrected chi connectivity index (χ1v) is 9.61. The fourth-order valence-corrected chi connectivity index (χ4v) is 3.33. The van der Waals surface area contributed by atoms with E-state index in [2.05, 4.69) is 21.4 Å². The number of rotatable bonds is 8. The van der Waals surface area contributed by atoms with E-state index in [-0.39, 0.29) is 16.3 Å². The lowest BCUT2D eigenvalue weighted by Crippen LogP contribution is -2.17. The summed E-state index contributed by atoms with van der Waals surface area (Å²) in [6.07, 6.45) is 3.74. The van der Waals surface area contributed by atoms with Crippen LogP contribution >= 0.6 is 0 Å². The zero-order valence-electron chi connectivity index (χ0n) is 14.8. The van der Waals surface area contributed by atoms with Crippen molar-refractivity contribution in [3.8, 4) is 0 Å². The highest BCUT2D eigenvalue weighted by Crippen LogP contribution is 2.23. The lowest BCUT2D eigenvalue weighted by Gasteiger charge is -2.11. The van der Waals surface area contributed by atoms with E-state index in [0.29, 0.717) is 0 Å². The first-order chi connectivity index (χ1) is 12.8. The molecule has 0 aliphatic carbocycles. The number of aromatic nitrogens is 1. The van der Waals surface area contributed by atoms with E-state index >= 15 is 0 Å². The van der Waals surface area contributed by atoms with Crippen LogP contribution in [0.25, 0.3) is 0 Å². The number of nitro groups is 1. The lowest BCUT2D eigenvalue weighted by molar-refractivity contribution is -0.385. The number of benzene rings is 1. The Morgan fingerprint density at radius 3 is 2.52 bits per heavy atom. The van der Waals surface area contributed by atoms with Gasteiger partial charge in [-0.05, 0) is 30.5 Å². The summed E-state index contributed by atoms with van der Waals surface area (Å²) in [5, 5.41) is 10.9. The Balaban J connectivity index is 2.34. The third kappa shape index (κ3) is 5.00. The topological polar surface area (TPSA) is 128 Å². The van der Waals surface area contributed by atoms with Crippen molar-refractivity contribution in [2.45, 2.75) is 31.1 Å². The van der Waals surface area contributed by atoms with Crippen LogP contribution in [0.15, 0.2) is 41.4 Å². The van der Waals surface area contributed by atoms with Gasteiger partial charge in [-0.1, -0.05) is 25.5 Å². The SMILES string of the molecule is CCCCc1ccc(S(=O)(=O)Nc2ncc([N+](=O)[O-])cc2C(=O)OC)cc1. The van der Waals surface area contributed by atoms with Gasteiger partial charge in [-0.25, -0.2) is 18.2 Å². The summed E-state index contributed by atoms with van der Waals surface area (Å²) in [4.78, 5) is 25.7. The fourth-order valence-electron chi connectivity index (χ4n) is 2.30. The van der Waals surface area contributed by atoms with Gasteiger partial charge >= 0.3 is 5.97 Å². The molecule has 1 N–H and O–H groups in total. The van der Waals surface area contributed by atoms with Gasteiger partial charge in [0.2, 0.25) is 0 Å². The van der Waals surface area contributed by atoms with Gasteiger partial charge < -0.3 is 4.74 Å². The first-order valence-electron chi connectivity index (χ1n) is 8.13. The Labute approximate surface area is 156 Å². The number of hydrogen-bond donors (Lipinski definition) is 1. The molecule has 144 valence electrons. The van der Waals surface area contributed by atoms with E-state index < -0.39 is 26.6 Å². The molecule has 0 saturated heterocycles. The molecule has 0 unspecified atom stereocenters. The van der Waals surface area contributed by atoms with Crippen LogP contribution in [-0.4, -0.2) is 31.4 Å². The van der Waals surface area contributed by atoms with Crippen molar-refractivity contribution in [2.24, 2.45) is 0 Å². The normalized spacial score (nSPS) is 11.0. The van der Waals surface area contributed by atoms with Crippen LogP contribution < -0.4 is 4.72 Å². The van der Waals surface area contributed by atoms with E-state index in [1.807, 2.05) is 0 Å². The van der Waals surface area contributed by atoms with Gasteiger partial charge in [-0.15, -0.1) is 0 Å². The number of carbonyl (C=O) groups excluding carboxylic acids is 1. The first kappa shape index (κ1) is 20.3. The van der Waals surface area contributed by atoms with E-state index in [9.17, 15) is 23.3 Å². The summed E-state index contributed by atoms with van der Waals surface area (Å²) in [5.74, 6) is -1.29. The number of carbonyl (C=O) groups is 1. The molecule has 2 rings (SSSR count). The summed E-state index contributed by atoms with van der Waals surface area (Å²) in [6.45, 7) is 2.07. The molecule has 0 aliphatic rings. The number of esters is 1. The molecule has 0 bridgehead atoms. The van der Waals surface area contributed by atoms with Crippen molar-refractivity contribution in [2.75, 3.05) is 11.8 Å². The third-order valence-electron chi connectivity index (χ3n) is 3.77. The quantitative estimate of drug-likeness (QED) is 0.415. The molecule has 2 aromatic rings. The van der Waals surface area contributed by atoms with Crippen LogP contribution in [-0.2, 0) is 21.2 Å². The van der Waals surface area contributed by atoms with Gasteiger partial charge in [0.05, 0.1) is 16.9 Å². The highest BCUT2D eigenvalue weighted by atomic mass is 32.2. The van der Waals surface area contributed by atoms with Crippen LogP contribution in [0.2, 0.25) is 0 Å². The summed E-state index contributed by atoms with van der Waals surface area (Å²) >= 11 is 0. The Morgan fingerprint density at radius 1 is 1.30 bits per heavy atom. The summed E-state index contributed by atoms with van der Waals surface area (Å²) in [5.41, 5.74) is 0.202. The van der Waals surface area contributed by atoms with Gasteiger partial charge in [0.1, 0.15) is 11.8 Å². The average Bonchev–Trinajstić information content (AvgIpc) is 2.66. The second-order valence-corrected chi connectivity index (χ2v) is 7.37. The van der Waals surface area contributed by atoms with Crippen molar-refractivity contribution >= 4 is 27.5 Å². The predicted octanol–water partition coefficient (Wildman–Crippen LogP) is 2.92. The number of nitrogens with zero attached hydrogens (tertiary/aromatic N) is 2. The van der Waals surface area contributed by atoms with Crippen molar-refractivity contribution in [1.82, 2.24) is 4.98 Å². The van der Waals surface area contributed by atoms with Crippen LogP contribution in [0.5, 0.6) is 0 Å². The number of unbranched alkanes of at least 4 members (excludes halogenated alkanes) is 1. The van der Waals surface area contributed by atoms with Gasteiger partial charge in [-0.2, -0.15) is 0 Å². The number of aryl methyl sites for hydroxylation is 1. The van der Waals surface area contributed by atoms with E-state index in [1.165, 1.54) is 12.1 Å². The number of hydrogen-bond acceptors (Lipinski definition) is 7. The maximum absolute atomic E-state index is 12.6. The summed E-state index contributed by atoms with van der Waals surface area (Å²) in [6, 6.07) is 7.25. The second-order valence-electron chi connectivity index (χ2n) is 5.69. The molecular weight excluding hydrogens is 374 g/mol. The minimum atomic E-state index is -4.04. The van der Waals surface area contributed by atoms with Crippen molar-refractivity contribution < 1.29 is 22.9 Å². The number of anilines is 1. The van der Waals surface area contributed by atoms with Crippen LogP contribution in [0, 0.1) is 10.1 Å². The molecule has 1 heterocycles. The van der Waals surface area contributed by atoms with E-state index in [4.69, 9.17) is 0 Å². The Morgan fingerprint density at radius 2 is 1.96 bits per heavy atom. The standard InChI is InChI=1S/C17H19N3O6S/c1-3-4-5-12-6-8-14(9-7-12)27(24,25)19-16-15(17(21)26-2)10-13(11-18-16)20(22)23/h6-11H,3-5H2,1-2H3,(H,18,19). The van der Waals surface area contributed by atoms with E-state index in [1.54, 1.807) is 12.1 Å². The molecule has 0 spiro atoms. The number of sulfonamides is 1. The zero-order valence-corrected chi connectivity index (χ0v) is 15.7. The molecule has 0 fully saturated rings. The highest BCUT2D eigenvalue weighted by Gasteiger charge is 2.23. The molecule has 0 amide bonds. The highest BCUT2D eigenvalue weighted by molar-refractivity contribution is 7.92. The molecule has 0 radical (unpaired) electrons. The molecular formula is C17H19N3O6S. The van der Waals surface area contributed by atoms with Crippen molar-refractivity contribution in [3.05, 3.63) is 57.8 Å². The van der Waals surface area contributed by atoms with Crippen molar-refractivity contribution in [1.29, 1.82) is 0 Å². The third-order valence-corrected chi connectivity index (χ3v) is 5.13. The molecule has 9 nitrogen and oxygen atoms in total. The minimum Gasteiger partial charge on any atom is -0.465 e. The zero-order chi connectivity index (χ0) is 20.0. The number of ether oxygens (including phenoxy) is 1. The maximum atomic E-state index is 12.6. The monoisotopic (exact) mass is 393 g/mol. The van der Waals surface area contributed by atoms with Gasteiger partial charge in [-0.3, -0.25) is 14.8 Å². The van der Waals surface area contributed by atoms with E-state index in [0.717, 1.165) is 44.2 Å². The second kappa shape index (κ2) is 8.58. The minimum absolute atomic E-state index is 0.0151. The Bertz CT molecular complexity index is 942. The van der Waals surface area contributed by atoms with Gasteiger partial charge in [0.25, 0.3) is 15.7 Å². The smallest absolute Gasteiger partial charge is 0.341 e. The summed E-state index contributed by atoms with van der Waals surface area (Å²) in [7, 11) is -2.96. The number of pyridine rings is 1. The molecule has 0 aliphatic heterocycles. The molecule has 0 atom stereocenters. The van der Waals surface area contributed by atoms with Crippen LogP contribution in [0.4, 0.5) is 11.5 Å². The number of nitrogens with one attached hydrogen (secondary N) is 1. The maximum Gasteiger partial charge on any atom is 0.341 e. The Kier molecular flexibility index (Phi) is 6.45. The average molecular weight is 393 g/mol. The number of methoxy groups -OCH3 is 1. The molecule has 0 saturated carbocycles. The van der Waals surface area contributed by atoms with Gasteiger partial charge in [0.15, 0.2) is 5.82 Å². The predicted molar refractivity (Wildman–Crippen MR) is 98.1 cm³/mol. The van der Waals surface area contributed by atoms with Crippen LogP contribution in [0.3, 0.4) is 0 Å². The molecule has 10 heteroatoms. The largest absolute Gasteiger partial charge is 0.465 e. The van der Waals surface area contributed by atoms with Gasteiger partial charge in [0, 0.05) is 6.07 Å². The fraction of sp³-hybridized carbons (Fsp3) is 0.294. The lowest BCUT2D eigenvalue weighted by atomic mass is 10.1. The van der Waals surface area contributed by atoms with Crippen LogP contribution in [0.1, 0.15) is 35.7 Å². The molecule has 1 aromatic carbocycles. The van der Waals surface area contributed by atoms with Crippen molar-refractivity contribution in [3.63, 3.8) is 0 Å². The Hall–Kier alpha value is -3.01. The molecule has 1 aromatic heterocycles. The molecule has 27 heavy (non-hydrogen) atoms.